The molecule has 0 saturated carbocycles. The number of nitrogens with zero attached hydrogens (tertiary/aromatic N) is 3. The van der Waals surface area contributed by atoms with E-state index in [1.807, 2.05) is 0 Å². The first-order valence-corrected chi connectivity index (χ1v) is 2.96. The summed E-state index contributed by atoms with van der Waals surface area (Å²) in [6.07, 6.45) is 0.507. The molecule has 0 fully saturated rings. The van der Waals surface area contributed by atoms with E-state index >= 15 is 0 Å². The highest BCUT2D eigenvalue weighted by atomic mass is 19.1. The molecule has 0 aliphatic rings. The smallest absolute Gasteiger partial charge is 0.258 e. The lowest BCUT2D eigenvalue weighted by Gasteiger charge is -1.92. The van der Waals surface area contributed by atoms with E-state index in [-0.39, 0.29) is 0 Å². The Labute approximate surface area is 70.1 Å². The molecule has 0 spiro atoms. The normalized spacial score (nSPS) is 9.62. The van der Waals surface area contributed by atoms with Crippen LogP contribution in [0.3, 0.4) is 0 Å². The van der Waals surface area contributed by atoms with Crippen LogP contribution in [0.4, 0.5) is 15.8 Å². The van der Waals surface area contributed by atoms with E-state index < -0.39 is 27.2 Å². The van der Waals surface area contributed by atoms with Gasteiger partial charge in [0.15, 0.2) is 0 Å². The van der Waals surface area contributed by atoms with Crippen molar-refractivity contribution in [3.8, 4) is 0 Å². The summed E-state index contributed by atoms with van der Waals surface area (Å²) < 4.78 is 12.3. The fourth-order valence-electron chi connectivity index (χ4n) is 0.700. The molecule has 0 aromatic carbocycles. The van der Waals surface area contributed by atoms with E-state index in [1.165, 1.54) is 0 Å². The topological polar surface area (TPSA) is 99.2 Å². The van der Waals surface area contributed by atoms with Crippen molar-refractivity contribution < 1.29 is 14.2 Å². The van der Waals surface area contributed by atoms with Crippen LogP contribution in [0.25, 0.3) is 0 Å². The van der Waals surface area contributed by atoms with Gasteiger partial charge in [0, 0.05) is 0 Å². The number of hydrogen-bond acceptors (Lipinski definition) is 5. The Morgan fingerprint density at radius 3 is 2.23 bits per heavy atom. The van der Waals surface area contributed by atoms with Gasteiger partial charge in [-0.25, -0.2) is 4.98 Å². The van der Waals surface area contributed by atoms with Crippen molar-refractivity contribution in [3.05, 3.63) is 38.4 Å². The predicted octanol–water partition coefficient (Wildman–Crippen LogP) is 1.04. The monoisotopic (exact) mass is 187 g/mol. The number of rotatable bonds is 2. The van der Waals surface area contributed by atoms with Gasteiger partial charge in [0.1, 0.15) is 6.20 Å². The molecule has 8 heteroatoms. The quantitative estimate of drug-likeness (QED) is 0.391. The predicted molar refractivity (Wildman–Crippen MR) is 37.5 cm³/mol. The van der Waals surface area contributed by atoms with Crippen LogP contribution in [0.15, 0.2) is 12.3 Å². The summed E-state index contributed by atoms with van der Waals surface area (Å²) in [6, 6.07) is 0.401. The van der Waals surface area contributed by atoms with E-state index in [2.05, 4.69) is 4.98 Å². The molecule has 0 N–H and O–H groups in total. The highest BCUT2D eigenvalue weighted by Crippen LogP contribution is 2.24. The number of aromatic nitrogens is 1. The average molecular weight is 187 g/mol. The van der Waals surface area contributed by atoms with Gasteiger partial charge in [-0.3, -0.25) is 20.2 Å². The van der Waals surface area contributed by atoms with Gasteiger partial charge < -0.3 is 0 Å². The highest BCUT2D eigenvalue weighted by molar-refractivity contribution is 5.49. The van der Waals surface area contributed by atoms with Crippen LogP contribution in [-0.4, -0.2) is 14.8 Å². The third-order valence-corrected chi connectivity index (χ3v) is 1.22. The lowest BCUT2D eigenvalue weighted by Crippen LogP contribution is -1.98. The van der Waals surface area contributed by atoms with Crippen molar-refractivity contribution in [3.63, 3.8) is 0 Å². The van der Waals surface area contributed by atoms with Gasteiger partial charge in [0.05, 0.1) is 15.9 Å². The number of hydrogen-bond donors (Lipinski definition) is 0. The molecule has 68 valence electrons. The second-order valence-corrected chi connectivity index (χ2v) is 2.01. The Balaban J connectivity index is 3.35. The van der Waals surface area contributed by atoms with Gasteiger partial charge in [-0.05, 0) is 0 Å². The van der Waals surface area contributed by atoms with E-state index in [0.717, 1.165) is 0 Å². The first-order chi connectivity index (χ1) is 6.02. The highest BCUT2D eigenvalue weighted by Gasteiger charge is 2.25. The molecular weight excluding hydrogens is 185 g/mol. The van der Waals surface area contributed by atoms with Crippen LogP contribution in [0.1, 0.15) is 0 Å². The molecule has 1 aromatic heterocycles. The van der Waals surface area contributed by atoms with Crippen molar-refractivity contribution >= 4 is 11.4 Å². The average Bonchev–Trinajstić information content (AvgIpc) is 2.03. The summed E-state index contributed by atoms with van der Waals surface area (Å²) in [5, 5.41) is 20.4. The lowest BCUT2D eigenvalue weighted by molar-refractivity contribution is -0.422. The fraction of sp³-hybridized carbons (Fsp3) is 0. The molecule has 0 amide bonds. The minimum Gasteiger partial charge on any atom is -0.258 e. The lowest BCUT2D eigenvalue weighted by atomic mass is 10.3. The van der Waals surface area contributed by atoms with E-state index in [1.54, 1.807) is 0 Å². The molecule has 0 aliphatic carbocycles. The Hall–Kier alpha value is -2.12. The van der Waals surface area contributed by atoms with Crippen molar-refractivity contribution in [1.29, 1.82) is 0 Å². The third-order valence-electron chi connectivity index (χ3n) is 1.22. The molecule has 7 nitrogen and oxygen atoms in total. The molecular formula is C5H2FN3O4. The molecule has 0 aliphatic heterocycles. The molecule has 13 heavy (non-hydrogen) atoms. The first-order valence-electron chi connectivity index (χ1n) is 2.96. The Kier molecular flexibility index (Phi) is 2.13. The fourth-order valence-corrected chi connectivity index (χ4v) is 0.700. The zero-order valence-electron chi connectivity index (χ0n) is 6.01. The summed E-state index contributed by atoms with van der Waals surface area (Å²) in [6.45, 7) is 0. The zero-order valence-corrected chi connectivity index (χ0v) is 6.01. The molecule has 1 heterocycles. The second kappa shape index (κ2) is 3.09. The van der Waals surface area contributed by atoms with Crippen LogP contribution in [0.5, 0.6) is 0 Å². The molecule has 1 aromatic rings. The summed E-state index contributed by atoms with van der Waals surface area (Å²) in [4.78, 5) is 21.3. The Bertz CT molecular complexity index is 380. The second-order valence-electron chi connectivity index (χ2n) is 2.01. The molecule has 0 saturated heterocycles. The van der Waals surface area contributed by atoms with Crippen LogP contribution in [0.2, 0.25) is 0 Å². The van der Waals surface area contributed by atoms with Crippen LogP contribution >= 0.6 is 0 Å². The standard InChI is InChI=1S/C5H2FN3O4/c6-5-1-3(8(10)11)4(2-7-5)9(12)13/h1-2H. The Morgan fingerprint density at radius 2 is 1.77 bits per heavy atom. The van der Waals surface area contributed by atoms with Gasteiger partial charge in [-0.15, -0.1) is 0 Å². The van der Waals surface area contributed by atoms with Gasteiger partial charge in [-0.2, -0.15) is 4.39 Å². The maximum Gasteiger partial charge on any atom is 0.364 e. The van der Waals surface area contributed by atoms with Crippen LogP contribution < -0.4 is 0 Å². The van der Waals surface area contributed by atoms with E-state index in [0.29, 0.717) is 12.3 Å². The summed E-state index contributed by atoms with van der Waals surface area (Å²) >= 11 is 0. The molecule has 0 radical (unpaired) electrons. The minimum atomic E-state index is -1.13. The maximum atomic E-state index is 12.3. The van der Waals surface area contributed by atoms with Crippen molar-refractivity contribution in [1.82, 2.24) is 4.98 Å². The van der Waals surface area contributed by atoms with Gasteiger partial charge in [0.2, 0.25) is 5.95 Å². The number of pyridine rings is 1. The van der Waals surface area contributed by atoms with Crippen LogP contribution in [-0.2, 0) is 0 Å². The van der Waals surface area contributed by atoms with Gasteiger partial charge >= 0.3 is 11.4 Å². The SMILES string of the molecule is O=[N+]([O-])c1cnc(F)cc1[N+](=O)[O-]. The summed E-state index contributed by atoms with van der Waals surface area (Å²) in [5.74, 6) is -1.13. The molecule has 0 bridgehead atoms. The zero-order chi connectivity index (χ0) is 10.0. The van der Waals surface area contributed by atoms with E-state index in [9.17, 15) is 24.6 Å². The van der Waals surface area contributed by atoms with Gasteiger partial charge in [-0.1, -0.05) is 0 Å². The largest absolute Gasteiger partial charge is 0.364 e. The minimum absolute atomic E-state index is 0.401. The maximum absolute atomic E-state index is 12.3. The number of halogens is 1. The number of nitro groups is 2. The van der Waals surface area contributed by atoms with Gasteiger partial charge in [0.25, 0.3) is 0 Å². The molecule has 0 unspecified atom stereocenters. The van der Waals surface area contributed by atoms with Crippen molar-refractivity contribution in [2.75, 3.05) is 0 Å². The first kappa shape index (κ1) is 8.97. The van der Waals surface area contributed by atoms with E-state index in [4.69, 9.17) is 0 Å². The summed E-state index contributed by atoms with van der Waals surface area (Å²) in [7, 11) is 0. The molecule has 0 atom stereocenters. The molecule has 1 rings (SSSR count). The van der Waals surface area contributed by atoms with Crippen LogP contribution in [0, 0.1) is 26.2 Å². The Morgan fingerprint density at radius 1 is 1.23 bits per heavy atom. The van der Waals surface area contributed by atoms with Crippen molar-refractivity contribution in [2.45, 2.75) is 0 Å². The van der Waals surface area contributed by atoms with Crippen molar-refractivity contribution in [2.24, 2.45) is 0 Å². The third kappa shape index (κ3) is 1.72. The summed E-state index contributed by atoms with van der Waals surface area (Å²) in [5.41, 5.74) is -1.73.